The number of ether oxygens (including phenoxy) is 1. The zero-order chi connectivity index (χ0) is 28.6. The lowest BCUT2D eigenvalue weighted by Gasteiger charge is -2.16. The summed E-state index contributed by atoms with van der Waals surface area (Å²) in [4.78, 5) is 29.4. The number of amides is 1. The summed E-state index contributed by atoms with van der Waals surface area (Å²) in [5.74, 6) is 1.37. The van der Waals surface area contributed by atoms with Gasteiger partial charge in [0, 0.05) is 30.6 Å². The minimum Gasteiger partial charge on any atom is -0.492 e. The number of carbonyl (C=O) groups is 1. The van der Waals surface area contributed by atoms with Crippen molar-refractivity contribution in [1.82, 2.24) is 24.3 Å². The van der Waals surface area contributed by atoms with Crippen LogP contribution in [0, 0.1) is 6.92 Å². The maximum absolute atomic E-state index is 12.8. The monoisotopic (exact) mass is 547 g/mol. The third-order valence-electron chi connectivity index (χ3n) is 7.56. The van der Waals surface area contributed by atoms with Crippen molar-refractivity contribution < 1.29 is 9.53 Å². The van der Waals surface area contributed by atoms with Crippen LogP contribution in [0.15, 0.2) is 79.1 Å². The summed E-state index contributed by atoms with van der Waals surface area (Å²) in [6.45, 7) is 3.45. The van der Waals surface area contributed by atoms with Crippen LogP contribution in [0.3, 0.4) is 0 Å². The normalized spacial score (nSPS) is 13.9. The lowest BCUT2D eigenvalue weighted by Crippen LogP contribution is -2.19. The van der Waals surface area contributed by atoms with E-state index in [1.54, 1.807) is 12.1 Å². The Morgan fingerprint density at radius 2 is 1.85 bits per heavy atom. The molecule has 9 nitrogen and oxygen atoms in total. The van der Waals surface area contributed by atoms with Crippen molar-refractivity contribution in [3.8, 4) is 17.1 Å². The number of hydrogen-bond acceptors (Lipinski definition) is 7. The van der Waals surface area contributed by atoms with E-state index in [2.05, 4.69) is 10.2 Å². The zero-order valence-electron chi connectivity index (χ0n) is 23.5. The quantitative estimate of drug-likeness (QED) is 0.251. The van der Waals surface area contributed by atoms with E-state index in [-0.39, 0.29) is 11.3 Å². The Morgan fingerprint density at radius 1 is 1.07 bits per heavy atom. The molecule has 9 heteroatoms. The van der Waals surface area contributed by atoms with Crippen molar-refractivity contribution in [3.63, 3.8) is 0 Å². The summed E-state index contributed by atoms with van der Waals surface area (Å²) < 4.78 is 7.96. The molecule has 1 aliphatic carbocycles. The van der Waals surface area contributed by atoms with Gasteiger partial charge >= 0.3 is 0 Å². The second-order valence-corrected chi connectivity index (χ2v) is 10.8. The molecule has 3 heterocycles. The molecule has 208 valence electrons. The molecule has 1 saturated carbocycles. The van der Waals surface area contributed by atoms with Crippen LogP contribution in [-0.4, -0.2) is 57.4 Å². The number of para-hydroxylation sites is 2. The molecule has 0 saturated heterocycles. The molecule has 0 spiro atoms. The fourth-order valence-electron chi connectivity index (χ4n) is 5.12. The number of pyridine rings is 1. The summed E-state index contributed by atoms with van der Waals surface area (Å²) in [5.41, 5.74) is 12.0. The molecule has 1 fully saturated rings. The number of rotatable bonds is 9. The van der Waals surface area contributed by atoms with Gasteiger partial charge in [-0.2, -0.15) is 0 Å². The average Bonchev–Trinajstić information content (AvgIpc) is 3.71. The van der Waals surface area contributed by atoms with Gasteiger partial charge in [0.15, 0.2) is 0 Å². The Kier molecular flexibility index (Phi) is 6.88. The first-order valence-corrected chi connectivity index (χ1v) is 13.7. The van der Waals surface area contributed by atoms with Crippen molar-refractivity contribution in [2.45, 2.75) is 25.2 Å². The smallest absolute Gasteiger partial charge is 0.255 e. The Bertz CT molecular complexity index is 1720. The van der Waals surface area contributed by atoms with Crippen molar-refractivity contribution >= 4 is 22.9 Å². The van der Waals surface area contributed by atoms with Crippen LogP contribution in [0.2, 0.25) is 0 Å². The predicted molar refractivity (Wildman–Crippen MR) is 160 cm³/mol. The molecule has 0 aliphatic heterocycles. The standard InChI is InChI=1S/C32H33N7O2/c1-21-29(39-17-13-24(20-28(39)35-21)41-19-18-38(2)3)27-12-16-34-31(37-27)32(14-15-32)23-10-8-22(9-11-23)30(40)36-26-7-5-4-6-25(26)33/h4-13,16-17,20H,14-15,18-19,33H2,1-3H3,(H,36,40). The van der Waals surface area contributed by atoms with Gasteiger partial charge < -0.3 is 20.7 Å². The van der Waals surface area contributed by atoms with Crippen LogP contribution in [0.5, 0.6) is 5.75 Å². The number of carbonyl (C=O) groups excluding carboxylic acids is 1. The highest BCUT2D eigenvalue weighted by Gasteiger charge is 2.48. The Balaban J connectivity index is 1.24. The molecule has 2 aromatic carbocycles. The molecule has 3 aromatic heterocycles. The molecule has 5 aromatic rings. The summed E-state index contributed by atoms with van der Waals surface area (Å²) >= 11 is 0. The first-order valence-electron chi connectivity index (χ1n) is 13.7. The van der Waals surface area contributed by atoms with Gasteiger partial charge in [0.25, 0.3) is 5.91 Å². The maximum Gasteiger partial charge on any atom is 0.255 e. The van der Waals surface area contributed by atoms with E-state index in [9.17, 15) is 4.79 Å². The second kappa shape index (κ2) is 10.7. The number of imidazole rings is 1. The van der Waals surface area contributed by atoms with E-state index in [0.717, 1.165) is 59.3 Å². The number of nitrogens with zero attached hydrogens (tertiary/aromatic N) is 5. The molecular formula is C32H33N7O2. The molecule has 6 rings (SSSR count). The number of anilines is 2. The van der Waals surface area contributed by atoms with Gasteiger partial charge in [-0.3, -0.25) is 9.20 Å². The number of nitrogens with one attached hydrogen (secondary N) is 1. The third kappa shape index (κ3) is 5.24. The number of nitrogens with two attached hydrogens (primary N) is 1. The number of hydrogen-bond donors (Lipinski definition) is 2. The molecular weight excluding hydrogens is 514 g/mol. The lowest BCUT2D eigenvalue weighted by molar-refractivity contribution is 0.102. The molecule has 41 heavy (non-hydrogen) atoms. The molecule has 0 bridgehead atoms. The average molecular weight is 548 g/mol. The molecule has 3 N–H and O–H groups in total. The molecule has 1 amide bonds. The highest BCUT2D eigenvalue weighted by molar-refractivity contribution is 6.05. The van der Waals surface area contributed by atoms with Gasteiger partial charge in [-0.05, 0) is 75.8 Å². The van der Waals surface area contributed by atoms with Gasteiger partial charge in [-0.1, -0.05) is 24.3 Å². The number of benzene rings is 2. The van der Waals surface area contributed by atoms with E-state index in [1.165, 1.54) is 0 Å². The lowest BCUT2D eigenvalue weighted by atomic mass is 9.93. The van der Waals surface area contributed by atoms with Crippen molar-refractivity contribution in [2.75, 3.05) is 38.3 Å². The predicted octanol–water partition coefficient (Wildman–Crippen LogP) is 4.95. The third-order valence-corrected chi connectivity index (χ3v) is 7.56. The Hall–Kier alpha value is -4.76. The number of fused-ring (bicyclic) bond motifs is 1. The fraction of sp³-hybridized carbons (Fsp3) is 0.250. The minimum atomic E-state index is -0.267. The van der Waals surface area contributed by atoms with Crippen molar-refractivity contribution in [3.05, 3.63) is 102 Å². The van der Waals surface area contributed by atoms with Crippen LogP contribution >= 0.6 is 0 Å². The number of likely N-dealkylation sites (N-methyl/N-ethyl adjacent to an activating group) is 1. The van der Waals surface area contributed by atoms with E-state index in [4.69, 9.17) is 25.4 Å². The fourth-order valence-corrected chi connectivity index (χ4v) is 5.12. The van der Waals surface area contributed by atoms with Crippen LogP contribution in [0.4, 0.5) is 11.4 Å². The Labute approximate surface area is 239 Å². The maximum atomic E-state index is 12.8. The second-order valence-electron chi connectivity index (χ2n) is 10.8. The van der Waals surface area contributed by atoms with Gasteiger partial charge in [0.05, 0.1) is 33.9 Å². The van der Waals surface area contributed by atoms with E-state index < -0.39 is 0 Å². The highest BCUT2D eigenvalue weighted by atomic mass is 16.5. The highest BCUT2D eigenvalue weighted by Crippen LogP contribution is 2.52. The molecule has 0 atom stereocenters. The molecule has 0 unspecified atom stereocenters. The SMILES string of the molecule is Cc1nc2cc(OCCN(C)C)ccn2c1-c1ccnc(C2(c3ccc(C(=O)Nc4ccccc4N)cc3)CC2)n1. The molecule has 0 radical (unpaired) electrons. The van der Waals surface area contributed by atoms with Crippen LogP contribution in [-0.2, 0) is 5.41 Å². The van der Waals surface area contributed by atoms with Crippen molar-refractivity contribution in [2.24, 2.45) is 0 Å². The summed E-state index contributed by atoms with van der Waals surface area (Å²) in [7, 11) is 4.05. The van der Waals surface area contributed by atoms with E-state index >= 15 is 0 Å². The minimum absolute atomic E-state index is 0.202. The summed E-state index contributed by atoms with van der Waals surface area (Å²) in [6.07, 6.45) is 5.70. The zero-order valence-corrected chi connectivity index (χ0v) is 23.5. The van der Waals surface area contributed by atoms with Gasteiger partial charge in [-0.15, -0.1) is 0 Å². The summed E-state index contributed by atoms with van der Waals surface area (Å²) in [6, 6.07) is 20.8. The van der Waals surface area contributed by atoms with Gasteiger partial charge in [-0.25, -0.2) is 15.0 Å². The van der Waals surface area contributed by atoms with Crippen LogP contribution < -0.4 is 15.8 Å². The first kappa shape index (κ1) is 26.5. The summed E-state index contributed by atoms with van der Waals surface area (Å²) in [5, 5.41) is 2.89. The van der Waals surface area contributed by atoms with Crippen LogP contribution in [0.1, 0.15) is 40.3 Å². The van der Waals surface area contributed by atoms with Crippen LogP contribution in [0.25, 0.3) is 17.0 Å². The van der Waals surface area contributed by atoms with E-state index in [0.29, 0.717) is 23.5 Å². The van der Waals surface area contributed by atoms with E-state index in [1.807, 2.05) is 92.4 Å². The number of nitrogen functional groups attached to an aromatic ring is 1. The Morgan fingerprint density at radius 3 is 2.59 bits per heavy atom. The number of aromatic nitrogens is 4. The topological polar surface area (TPSA) is 111 Å². The van der Waals surface area contributed by atoms with Gasteiger partial charge in [0.1, 0.15) is 23.8 Å². The first-order chi connectivity index (χ1) is 19.8. The largest absolute Gasteiger partial charge is 0.492 e. The number of aryl methyl sites for hydroxylation is 1. The van der Waals surface area contributed by atoms with Gasteiger partial charge in [0.2, 0.25) is 0 Å². The molecule has 1 aliphatic rings. The van der Waals surface area contributed by atoms with Crippen molar-refractivity contribution in [1.29, 1.82) is 0 Å².